The van der Waals surface area contributed by atoms with Crippen LogP contribution in [0.5, 0.6) is 5.75 Å². The van der Waals surface area contributed by atoms with Crippen LogP contribution in [0.25, 0.3) is 0 Å². The minimum atomic E-state index is -0.996. The zero-order valence-electron chi connectivity index (χ0n) is 9.77. The van der Waals surface area contributed by atoms with E-state index < -0.39 is 5.97 Å². The zero-order chi connectivity index (χ0) is 13.8. The third-order valence-electron chi connectivity index (χ3n) is 2.51. The molecule has 0 amide bonds. The molecule has 2 rings (SSSR count). The van der Waals surface area contributed by atoms with Crippen LogP contribution in [0.4, 0.5) is 0 Å². The topological polar surface area (TPSA) is 46.5 Å². The summed E-state index contributed by atoms with van der Waals surface area (Å²) in [6, 6.07) is 12.9. The molecule has 0 bridgehead atoms. The predicted octanol–water partition coefficient (Wildman–Crippen LogP) is 4.49. The third kappa shape index (κ3) is 3.36. The Kier molecular flexibility index (Phi) is 4.61. The SMILES string of the molecule is O=C(O)c1ccc(Br)c(OCc2ccccc2)c1Br. The lowest BCUT2D eigenvalue weighted by Gasteiger charge is -2.12. The Morgan fingerprint density at radius 1 is 1.11 bits per heavy atom. The van der Waals surface area contributed by atoms with E-state index in [1.54, 1.807) is 6.07 Å². The lowest BCUT2D eigenvalue weighted by molar-refractivity contribution is 0.0695. The van der Waals surface area contributed by atoms with Crippen molar-refractivity contribution >= 4 is 37.8 Å². The lowest BCUT2D eigenvalue weighted by Crippen LogP contribution is -2.02. The molecular formula is C14H10Br2O3. The van der Waals surface area contributed by atoms with Crippen LogP contribution in [-0.4, -0.2) is 11.1 Å². The first-order valence-corrected chi connectivity index (χ1v) is 7.06. The smallest absolute Gasteiger partial charge is 0.336 e. The van der Waals surface area contributed by atoms with Gasteiger partial charge in [-0.15, -0.1) is 0 Å². The second-order valence-electron chi connectivity index (χ2n) is 3.82. The molecule has 0 heterocycles. The van der Waals surface area contributed by atoms with Gasteiger partial charge in [-0.2, -0.15) is 0 Å². The molecule has 2 aromatic carbocycles. The van der Waals surface area contributed by atoms with E-state index in [1.807, 2.05) is 30.3 Å². The van der Waals surface area contributed by atoms with Crippen molar-refractivity contribution in [2.45, 2.75) is 6.61 Å². The second kappa shape index (κ2) is 6.21. The highest BCUT2D eigenvalue weighted by atomic mass is 79.9. The molecule has 0 aromatic heterocycles. The Hall–Kier alpha value is -1.33. The summed E-state index contributed by atoms with van der Waals surface area (Å²) in [5.74, 6) is -0.507. The van der Waals surface area contributed by atoms with Crippen molar-refractivity contribution < 1.29 is 14.6 Å². The molecule has 19 heavy (non-hydrogen) atoms. The molecular weight excluding hydrogens is 376 g/mol. The zero-order valence-corrected chi connectivity index (χ0v) is 12.9. The summed E-state index contributed by atoms with van der Waals surface area (Å²) in [6.45, 7) is 0.376. The number of hydrogen-bond acceptors (Lipinski definition) is 2. The summed E-state index contributed by atoms with van der Waals surface area (Å²) in [7, 11) is 0. The number of carboxylic acids is 1. The summed E-state index contributed by atoms with van der Waals surface area (Å²) in [5.41, 5.74) is 1.19. The van der Waals surface area contributed by atoms with Gasteiger partial charge in [0.05, 0.1) is 14.5 Å². The van der Waals surface area contributed by atoms with Crippen LogP contribution in [-0.2, 0) is 6.61 Å². The second-order valence-corrected chi connectivity index (χ2v) is 5.46. The standard InChI is InChI=1S/C14H10Br2O3/c15-11-7-6-10(14(17)18)12(16)13(11)19-8-9-4-2-1-3-5-9/h1-7H,8H2,(H,17,18). The molecule has 2 aromatic rings. The summed E-state index contributed by atoms with van der Waals surface area (Å²) < 4.78 is 6.83. The van der Waals surface area contributed by atoms with Crippen LogP contribution < -0.4 is 4.74 Å². The predicted molar refractivity (Wildman–Crippen MR) is 79.6 cm³/mol. The number of aromatic carboxylic acids is 1. The van der Waals surface area contributed by atoms with Crippen molar-refractivity contribution in [3.05, 3.63) is 62.5 Å². The summed E-state index contributed by atoms with van der Waals surface area (Å²) in [6.07, 6.45) is 0. The highest BCUT2D eigenvalue weighted by Gasteiger charge is 2.16. The average Bonchev–Trinajstić information content (AvgIpc) is 2.39. The number of benzene rings is 2. The van der Waals surface area contributed by atoms with Crippen molar-refractivity contribution in [3.63, 3.8) is 0 Å². The number of carboxylic acid groups (broad SMARTS) is 1. The first kappa shape index (κ1) is 14.1. The number of halogens is 2. The van der Waals surface area contributed by atoms with E-state index in [0.717, 1.165) is 5.56 Å². The van der Waals surface area contributed by atoms with E-state index >= 15 is 0 Å². The van der Waals surface area contributed by atoms with Gasteiger partial charge in [0.1, 0.15) is 12.4 Å². The Morgan fingerprint density at radius 3 is 2.42 bits per heavy atom. The number of hydrogen-bond donors (Lipinski definition) is 1. The molecule has 3 nitrogen and oxygen atoms in total. The van der Waals surface area contributed by atoms with E-state index in [4.69, 9.17) is 9.84 Å². The van der Waals surface area contributed by atoms with Crippen LogP contribution in [0.1, 0.15) is 15.9 Å². The molecule has 5 heteroatoms. The van der Waals surface area contributed by atoms with Crippen molar-refractivity contribution in [1.29, 1.82) is 0 Å². The van der Waals surface area contributed by atoms with Gasteiger partial charge in [0.25, 0.3) is 0 Å². The van der Waals surface area contributed by atoms with Gasteiger partial charge >= 0.3 is 5.97 Å². The van der Waals surface area contributed by atoms with Crippen LogP contribution in [0, 0.1) is 0 Å². The number of carbonyl (C=O) groups is 1. The summed E-state index contributed by atoms with van der Waals surface area (Å²) >= 11 is 6.63. The summed E-state index contributed by atoms with van der Waals surface area (Å²) in [4.78, 5) is 11.1. The van der Waals surface area contributed by atoms with Gasteiger partial charge in [-0.1, -0.05) is 30.3 Å². The molecule has 0 unspecified atom stereocenters. The largest absolute Gasteiger partial charge is 0.487 e. The van der Waals surface area contributed by atoms with Gasteiger partial charge in [-0.25, -0.2) is 4.79 Å². The van der Waals surface area contributed by atoms with Gasteiger partial charge in [-0.05, 0) is 49.6 Å². The molecule has 0 radical (unpaired) electrons. The Balaban J connectivity index is 2.25. The quantitative estimate of drug-likeness (QED) is 0.843. The van der Waals surface area contributed by atoms with E-state index in [1.165, 1.54) is 6.07 Å². The number of ether oxygens (including phenoxy) is 1. The molecule has 0 aliphatic heterocycles. The maximum Gasteiger partial charge on any atom is 0.336 e. The van der Waals surface area contributed by atoms with Crippen molar-refractivity contribution in [2.75, 3.05) is 0 Å². The van der Waals surface area contributed by atoms with Crippen LogP contribution in [0.3, 0.4) is 0 Å². The lowest BCUT2D eigenvalue weighted by atomic mass is 10.2. The fourth-order valence-electron chi connectivity index (χ4n) is 1.56. The van der Waals surface area contributed by atoms with Gasteiger partial charge < -0.3 is 9.84 Å². The van der Waals surface area contributed by atoms with Gasteiger partial charge in [0.15, 0.2) is 0 Å². The Bertz CT molecular complexity index is 597. The highest BCUT2D eigenvalue weighted by Crippen LogP contribution is 2.36. The molecule has 0 saturated heterocycles. The van der Waals surface area contributed by atoms with Crippen LogP contribution >= 0.6 is 31.9 Å². The van der Waals surface area contributed by atoms with E-state index in [0.29, 0.717) is 21.3 Å². The van der Waals surface area contributed by atoms with E-state index in [9.17, 15) is 4.79 Å². The molecule has 0 spiro atoms. The Morgan fingerprint density at radius 2 is 1.79 bits per heavy atom. The van der Waals surface area contributed by atoms with E-state index in [2.05, 4.69) is 31.9 Å². The maximum atomic E-state index is 11.1. The first-order valence-electron chi connectivity index (χ1n) is 5.47. The van der Waals surface area contributed by atoms with Crippen molar-refractivity contribution in [2.24, 2.45) is 0 Å². The van der Waals surface area contributed by atoms with Gasteiger partial charge in [0, 0.05) is 0 Å². The van der Waals surface area contributed by atoms with E-state index in [-0.39, 0.29) is 5.56 Å². The molecule has 0 atom stereocenters. The van der Waals surface area contributed by atoms with Crippen LogP contribution in [0.2, 0.25) is 0 Å². The molecule has 1 N–H and O–H groups in total. The van der Waals surface area contributed by atoms with Crippen LogP contribution in [0.15, 0.2) is 51.4 Å². The minimum Gasteiger partial charge on any atom is -0.487 e. The molecule has 98 valence electrons. The molecule has 0 aliphatic carbocycles. The fraction of sp³-hybridized carbons (Fsp3) is 0.0714. The van der Waals surface area contributed by atoms with Gasteiger partial charge in [0.2, 0.25) is 0 Å². The number of rotatable bonds is 4. The monoisotopic (exact) mass is 384 g/mol. The minimum absolute atomic E-state index is 0.172. The molecule has 0 fully saturated rings. The Labute approximate surface area is 127 Å². The maximum absolute atomic E-state index is 11.1. The normalized spacial score (nSPS) is 10.2. The van der Waals surface area contributed by atoms with Crippen molar-refractivity contribution in [1.82, 2.24) is 0 Å². The first-order chi connectivity index (χ1) is 9.09. The average molecular weight is 386 g/mol. The van der Waals surface area contributed by atoms with Gasteiger partial charge in [-0.3, -0.25) is 0 Å². The third-order valence-corrected chi connectivity index (χ3v) is 3.92. The molecule has 0 saturated carbocycles. The summed E-state index contributed by atoms with van der Waals surface area (Å²) in [5, 5.41) is 9.07. The molecule has 0 aliphatic rings. The highest BCUT2D eigenvalue weighted by molar-refractivity contribution is 9.11. The fourth-order valence-corrected chi connectivity index (χ4v) is 2.90. The van der Waals surface area contributed by atoms with Crippen molar-refractivity contribution in [3.8, 4) is 5.75 Å².